The van der Waals surface area contributed by atoms with Gasteiger partial charge >= 0.3 is 5.97 Å². The van der Waals surface area contributed by atoms with Gasteiger partial charge in [0, 0.05) is 25.5 Å². The molecule has 0 bridgehead atoms. The number of aromatic carboxylic acids is 1. The second-order valence-corrected chi connectivity index (χ2v) is 4.13. The highest BCUT2D eigenvalue weighted by Crippen LogP contribution is 2.14. The Kier molecular flexibility index (Phi) is 4.50. The Hall–Kier alpha value is -2.90. The summed E-state index contributed by atoms with van der Waals surface area (Å²) in [6.07, 6.45) is 5.78. The third-order valence-electron chi connectivity index (χ3n) is 2.76. The van der Waals surface area contributed by atoms with Gasteiger partial charge < -0.3 is 19.7 Å². The second kappa shape index (κ2) is 6.51. The summed E-state index contributed by atoms with van der Waals surface area (Å²) >= 11 is 0. The molecule has 2 rings (SSSR count). The molecule has 8 heteroatoms. The lowest BCUT2D eigenvalue weighted by atomic mass is 10.2. The van der Waals surface area contributed by atoms with Crippen molar-refractivity contribution in [3.05, 3.63) is 42.2 Å². The molecule has 0 saturated carbocycles. The van der Waals surface area contributed by atoms with Gasteiger partial charge in [-0.05, 0) is 6.07 Å². The summed E-state index contributed by atoms with van der Waals surface area (Å²) in [6, 6.07) is 1.56. The van der Waals surface area contributed by atoms with Crippen LogP contribution in [0.5, 0.6) is 5.75 Å². The molecule has 2 aromatic rings. The van der Waals surface area contributed by atoms with Crippen LogP contribution in [0, 0.1) is 0 Å². The number of hydrogen-bond donors (Lipinski definition) is 2. The zero-order valence-corrected chi connectivity index (χ0v) is 11.3. The van der Waals surface area contributed by atoms with Crippen molar-refractivity contribution in [1.82, 2.24) is 19.9 Å². The molecule has 2 heterocycles. The number of methoxy groups -OCH3 is 1. The van der Waals surface area contributed by atoms with Gasteiger partial charge in [-0.1, -0.05) is 0 Å². The number of ether oxygens (including phenoxy) is 1. The van der Waals surface area contributed by atoms with Crippen molar-refractivity contribution in [3.8, 4) is 5.75 Å². The van der Waals surface area contributed by atoms with Crippen LogP contribution in [0.2, 0.25) is 0 Å². The van der Waals surface area contributed by atoms with Crippen LogP contribution in [-0.4, -0.2) is 45.2 Å². The maximum atomic E-state index is 12.0. The van der Waals surface area contributed by atoms with Crippen LogP contribution in [-0.2, 0) is 6.54 Å². The molecule has 0 aliphatic rings. The highest BCUT2D eigenvalue weighted by Gasteiger charge is 2.11. The number of carbonyl (C=O) groups excluding carboxylic acids is 1. The number of nitrogens with one attached hydrogen (secondary N) is 1. The first-order chi connectivity index (χ1) is 10.1. The molecule has 21 heavy (non-hydrogen) atoms. The Morgan fingerprint density at radius 3 is 2.95 bits per heavy atom. The van der Waals surface area contributed by atoms with Crippen molar-refractivity contribution in [2.24, 2.45) is 0 Å². The minimum Gasteiger partial charge on any atom is -0.494 e. The SMILES string of the molecule is COc1cnccc1C(=O)NCCn1cnc(C(=O)O)c1. The number of imidazole rings is 1. The van der Waals surface area contributed by atoms with E-state index in [0.717, 1.165) is 0 Å². The predicted molar refractivity (Wildman–Crippen MR) is 72.3 cm³/mol. The summed E-state index contributed by atoms with van der Waals surface area (Å²) in [5.74, 6) is -0.974. The molecule has 2 aromatic heterocycles. The quantitative estimate of drug-likeness (QED) is 0.798. The van der Waals surface area contributed by atoms with Crippen LogP contribution < -0.4 is 10.1 Å². The second-order valence-electron chi connectivity index (χ2n) is 4.13. The van der Waals surface area contributed by atoms with Crippen LogP contribution in [0.25, 0.3) is 0 Å². The van der Waals surface area contributed by atoms with Gasteiger partial charge in [0.15, 0.2) is 5.69 Å². The van der Waals surface area contributed by atoms with Crippen molar-refractivity contribution in [3.63, 3.8) is 0 Å². The lowest BCUT2D eigenvalue weighted by Crippen LogP contribution is -2.27. The molecule has 0 atom stereocenters. The molecule has 8 nitrogen and oxygen atoms in total. The first-order valence-electron chi connectivity index (χ1n) is 6.13. The Bertz CT molecular complexity index is 653. The zero-order chi connectivity index (χ0) is 15.2. The van der Waals surface area contributed by atoms with Crippen molar-refractivity contribution in [2.45, 2.75) is 6.54 Å². The van der Waals surface area contributed by atoms with Crippen LogP contribution in [0.15, 0.2) is 31.0 Å². The van der Waals surface area contributed by atoms with Gasteiger partial charge in [-0.15, -0.1) is 0 Å². The Balaban J connectivity index is 1.90. The lowest BCUT2D eigenvalue weighted by Gasteiger charge is -2.08. The molecule has 0 aromatic carbocycles. The maximum absolute atomic E-state index is 12.0. The number of rotatable bonds is 6. The molecular formula is C13H14N4O4. The minimum absolute atomic E-state index is 0.0304. The van der Waals surface area contributed by atoms with Crippen LogP contribution in [0.1, 0.15) is 20.8 Å². The van der Waals surface area contributed by atoms with E-state index in [1.165, 1.54) is 32.0 Å². The van der Waals surface area contributed by atoms with Crippen molar-refractivity contribution in [1.29, 1.82) is 0 Å². The normalized spacial score (nSPS) is 10.1. The number of carboxylic acids is 1. The van der Waals surface area contributed by atoms with E-state index in [1.54, 1.807) is 10.6 Å². The van der Waals surface area contributed by atoms with Gasteiger partial charge in [0.05, 0.1) is 25.2 Å². The number of aromatic nitrogens is 3. The van der Waals surface area contributed by atoms with E-state index < -0.39 is 5.97 Å². The lowest BCUT2D eigenvalue weighted by molar-refractivity contribution is 0.0690. The van der Waals surface area contributed by atoms with Crippen LogP contribution in [0.3, 0.4) is 0 Å². The number of hydrogen-bond acceptors (Lipinski definition) is 5. The van der Waals surface area contributed by atoms with Crippen LogP contribution >= 0.6 is 0 Å². The molecule has 0 aliphatic carbocycles. The van der Waals surface area contributed by atoms with Gasteiger partial charge in [0.1, 0.15) is 5.75 Å². The molecule has 2 N–H and O–H groups in total. The Morgan fingerprint density at radius 2 is 2.29 bits per heavy atom. The van der Waals surface area contributed by atoms with E-state index in [0.29, 0.717) is 24.4 Å². The maximum Gasteiger partial charge on any atom is 0.356 e. The number of amides is 1. The van der Waals surface area contributed by atoms with Gasteiger partial charge in [0.25, 0.3) is 5.91 Å². The average Bonchev–Trinajstić information content (AvgIpc) is 2.96. The summed E-state index contributed by atoms with van der Waals surface area (Å²) < 4.78 is 6.65. The smallest absolute Gasteiger partial charge is 0.356 e. The third kappa shape index (κ3) is 3.56. The molecular weight excluding hydrogens is 276 g/mol. The predicted octanol–water partition coefficient (Wildman–Crippen LogP) is 0.415. The summed E-state index contributed by atoms with van der Waals surface area (Å²) in [6.45, 7) is 0.749. The first-order valence-corrected chi connectivity index (χ1v) is 6.13. The van der Waals surface area contributed by atoms with E-state index in [4.69, 9.17) is 9.84 Å². The minimum atomic E-state index is -1.08. The molecule has 0 saturated heterocycles. The first kappa shape index (κ1) is 14.5. The molecule has 1 amide bonds. The number of pyridine rings is 1. The Morgan fingerprint density at radius 1 is 1.48 bits per heavy atom. The standard InChI is InChI=1S/C13H14N4O4/c1-21-11-6-14-3-2-9(11)12(18)15-4-5-17-7-10(13(19)20)16-8-17/h2-3,6-8H,4-5H2,1H3,(H,15,18)(H,19,20). The molecule has 0 unspecified atom stereocenters. The largest absolute Gasteiger partial charge is 0.494 e. The van der Waals surface area contributed by atoms with Gasteiger partial charge in [0.2, 0.25) is 0 Å². The monoisotopic (exact) mass is 290 g/mol. The van der Waals surface area contributed by atoms with E-state index in [9.17, 15) is 9.59 Å². The molecule has 0 spiro atoms. The summed E-state index contributed by atoms with van der Waals surface area (Å²) in [4.78, 5) is 30.3. The van der Waals surface area contributed by atoms with E-state index in [-0.39, 0.29) is 11.6 Å². The summed E-state index contributed by atoms with van der Waals surface area (Å²) in [5.41, 5.74) is 0.362. The van der Waals surface area contributed by atoms with Crippen molar-refractivity contribution >= 4 is 11.9 Å². The fraction of sp³-hybridized carbons (Fsp3) is 0.231. The van der Waals surface area contributed by atoms with Gasteiger partial charge in [-0.2, -0.15) is 0 Å². The van der Waals surface area contributed by atoms with Gasteiger partial charge in [-0.25, -0.2) is 9.78 Å². The summed E-state index contributed by atoms with van der Waals surface area (Å²) in [7, 11) is 1.46. The molecule has 110 valence electrons. The van der Waals surface area contributed by atoms with Crippen LogP contribution in [0.4, 0.5) is 0 Å². The van der Waals surface area contributed by atoms with Crippen molar-refractivity contribution < 1.29 is 19.4 Å². The average molecular weight is 290 g/mol. The Labute approximate surface area is 120 Å². The van der Waals surface area contributed by atoms with E-state index >= 15 is 0 Å². The fourth-order valence-corrected chi connectivity index (χ4v) is 1.72. The highest BCUT2D eigenvalue weighted by atomic mass is 16.5. The molecule has 0 fully saturated rings. The number of carboxylic acid groups (broad SMARTS) is 1. The fourth-order valence-electron chi connectivity index (χ4n) is 1.72. The van der Waals surface area contributed by atoms with E-state index in [2.05, 4.69) is 15.3 Å². The summed E-state index contributed by atoms with van der Waals surface area (Å²) in [5, 5.41) is 11.5. The number of nitrogens with zero attached hydrogens (tertiary/aromatic N) is 3. The zero-order valence-electron chi connectivity index (χ0n) is 11.3. The van der Waals surface area contributed by atoms with E-state index in [1.807, 2.05) is 0 Å². The third-order valence-corrected chi connectivity index (χ3v) is 2.76. The van der Waals surface area contributed by atoms with Gasteiger partial charge in [-0.3, -0.25) is 9.78 Å². The molecule has 0 aliphatic heterocycles. The van der Waals surface area contributed by atoms with Crippen molar-refractivity contribution in [2.75, 3.05) is 13.7 Å². The highest BCUT2D eigenvalue weighted by molar-refractivity contribution is 5.96. The molecule has 0 radical (unpaired) electrons. The topological polar surface area (TPSA) is 106 Å². The number of carbonyl (C=O) groups is 2.